The van der Waals surface area contributed by atoms with Gasteiger partial charge in [0.1, 0.15) is 11.4 Å². The van der Waals surface area contributed by atoms with Crippen LogP contribution in [0.15, 0.2) is 18.2 Å². The second kappa shape index (κ2) is 10.8. The van der Waals surface area contributed by atoms with Crippen LogP contribution in [0.5, 0.6) is 5.75 Å². The highest BCUT2D eigenvalue weighted by atomic mass is 19.4. The molecule has 0 radical (unpaired) electrons. The number of likely N-dealkylation sites (tertiary alicyclic amines) is 2. The van der Waals surface area contributed by atoms with Crippen LogP contribution in [-0.4, -0.2) is 70.2 Å². The van der Waals surface area contributed by atoms with E-state index in [1.54, 1.807) is 0 Å². The van der Waals surface area contributed by atoms with E-state index in [4.69, 9.17) is 4.84 Å². The number of H-pyrrole nitrogens is 1. The zero-order chi connectivity index (χ0) is 28.7. The number of nitrogens with zero attached hydrogens (tertiary/aromatic N) is 2. The van der Waals surface area contributed by atoms with Crippen molar-refractivity contribution in [2.75, 3.05) is 38.0 Å². The molecule has 13 heteroatoms. The van der Waals surface area contributed by atoms with E-state index in [0.717, 1.165) is 44.1 Å². The lowest BCUT2D eigenvalue weighted by molar-refractivity contribution is -0.139. The van der Waals surface area contributed by atoms with Gasteiger partial charge in [0.15, 0.2) is 5.75 Å². The maximum absolute atomic E-state index is 14.2. The third-order valence-electron chi connectivity index (χ3n) is 7.68. The number of rotatable bonds is 5. The molecule has 3 aliphatic rings. The number of hydrogen-bond donors (Lipinski definition) is 4. The summed E-state index contributed by atoms with van der Waals surface area (Å²) in [6.45, 7) is 4.18. The molecule has 216 valence electrons. The molecule has 1 aromatic heterocycles. The number of piperidine rings is 2. The topological polar surface area (TPSA) is 110 Å². The molecule has 0 bridgehead atoms. The number of nitrogens with one attached hydrogen (secondary N) is 3. The first-order valence-electron chi connectivity index (χ1n) is 13.2. The summed E-state index contributed by atoms with van der Waals surface area (Å²) in [5, 5.41) is 13.5. The zero-order valence-corrected chi connectivity index (χ0v) is 22.0. The summed E-state index contributed by atoms with van der Waals surface area (Å²) in [7, 11) is 0. The molecule has 2 aromatic rings. The first kappa shape index (κ1) is 28.0. The standard InChI is InChI=1S/C27H31F4N5O4/c1-16-23(40-34-25(38)36-11-7-26(39,8-12-36)15-35-9-3-2-4-10-35)22(27(29,30)31)21(32-16)14-19-18-13-17(28)5-6-20(18)33-24(19)37/h5-6,13-14,32,39H,2-4,7-12,15H2,1H3,(H,33,37)(H,34,38)/b19-14-. The van der Waals surface area contributed by atoms with Crippen molar-refractivity contribution in [1.29, 1.82) is 0 Å². The molecule has 3 aliphatic heterocycles. The van der Waals surface area contributed by atoms with Crippen LogP contribution >= 0.6 is 0 Å². The van der Waals surface area contributed by atoms with Gasteiger partial charge >= 0.3 is 12.2 Å². The predicted octanol–water partition coefficient (Wildman–Crippen LogP) is 4.29. The Morgan fingerprint density at radius 2 is 1.88 bits per heavy atom. The molecular weight excluding hydrogens is 534 g/mol. The number of aryl methyl sites for hydroxylation is 1. The highest BCUT2D eigenvalue weighted by Gasteiger charge is 2.41. The van der Waals surface area contributed by atoms with Crippen LogP contribution in [0, 0.1) is 12.7 Å². The second-order valence-electron chi connectivity index (χ2n) is 10.6. The van der Waals surface area contributed by atoms with Gasteiger partial charge in [0.05, 0.1) is 22.6 Å². The predicted molar refractivity (Wildman–Crippen MR) is 139 cm³/mol. The van der Waals surface area contributed by atoms with E-state index in [1.807, 2.05) is 0 Å². The zero-order valence-electron chi connectivity index (χ0n) is 22.0. The number of urea groups is 1. The van der Waals surface area contributed by atoms with Gasteiger partial charge in [-0.15, -0.1) is 0 Å². The fourth-order valence-electron chi connectivity index (χ4n) is 5.57. The van der Waals surface area contributed by atoms with Crippen LogP contribution in [0.1, 0.15) is 54.6 Å². The van der Waals surface area contributed by atoms with E-state index in [2.05, 4.69) is 20.7 Å². The van der Waals surface area contributed by atoms with E-state index in [9.17, 15) is 32.3 Å². The summed E-state index contributed by atoms with van der Waals surface area (Å²) < 4.78 is 56.3. The van der Waals surface area contributed by atoms with E-state index in [0.29, 0.717) is 19.4 Å². The van der Waals surface area contributed by atoms with E-state index in [-0.39, 0.29) is 35.6 Å². The highest BCUT2D eigenvalue weighted by Crippen LogP contribution is 2.43. The maximum Gasteiger partial charge on any atom is 0.422 e. The number of hydroxylamine groups is 1. The van der Waals surface area contributed by atoms with Crippen molar-refractivity contribution in [3.05, 3.63) is 46.5 Å². The van der Waals surface area contributed by atoms with Crippen LogP contribution < -0.4 is 15.6 Å². The minimum Gasteiger partial charge on any atom is -0.388 e. The first-order chi connectivity index (χ1) is 18.9. The number of hydrogen-bond acceptors (Lipinski definition) is 5. The number of carbonyl (C=O) groups is 2. The average molecular weight is 566 g/mol. The molecule has 0 atom stereocenters. The number of β-amino-alcohol motifs (C(OH)–C–C–N with tert-alkyl or cyclic N) is 1. The van der Waals surface area contributed by atoms with Gasteiger partial charge in [-0.05, 0) is 70.0 Å². The second-order valence-corrected chi connectivity index (χ2v) is 10.6. The fraction of sp³-hybridized carbons (Fsp3) is 0.481. The van der Waals surface area contributed by atoms with E-state index < -0.39 is 46.5 Å². The van der Waals surface area contributed by atoms with Crippen LogP contribution in [0.25, 0.3) is 11.6 Å². The Morgan fingerprint density at radius 3 is 2.55 bits per heavy atom. The lowest BCUT2D eigenvalue weighted by atomic mass is 9.90. The number of aromatic nitrogens is 1. The molecular formula is C27H31F4N5O4. The molecule has 40 heavy (non-hydrogen) atoms. The largest absolute Gasteiger partial charge is 0.422 e. The summed E-state index contributed by atoms with van der Waals surface area (Å²) in [5.74, 6) is -1.97. The Morgan fingerprint density at radius 1 is 1.18 bits per heavy atom. The molecule has 2 fully saturated rings. The molecule has 4 N–H and O–H groups in total. The molecule has 5 rings (SSSR count). The molecule has 9 nitrogen and oxygen atoms in total. The lowest BCUT2D eigenvalue weighted by Crippen LogP contribution is -2.54. The number of anilines is 1. The minimum atomic E-state index is -4.91. The van der Waals surface area contributed by atoms with Gasteiger partial charge in [-0.25, -0.2) is 9.18 Å². The van der Waals surface area contributed by atoms with E-state index in [1.165, 1.54) is 24.3 Å². The van der Waals surface area contributed by atoms with Gasteiger partial charge < -0.3 is 30.0 Å². The number of halogens is 4. The maximum atomic E-state index is 14.2. The van der Waals surface area contributed by atoms with Gasteiger partial charge in [0, 0.05) is 30.9 Å². The van der Waals surface area contributed by atoms with Crippen molar-refractivity contribution < 1.29 is 37.1 Å². The van der Waals surface area contributed by atoms with Crippen LogP contribution in [0.2, 0.25) is 0 Å². The van der Waals surface area contributed by atoms with E-state index >= 15 is 0 Å². The number of alkyl halides is 3. The fourth-order valence-corrected chi connectivity index (χ4v) is 5.57. The monoisotopic (exact) mass is 565 g/mol. The molecule has 2 saturated heterocycles. The lowest BCUT2D eigenvalue weighted by Gasteiger charge is -2.41. The molecule has 3 amide bonds. The molecule has 4 heterocycles. The summed E-state index contributed by atoms with van der Waals surface area (Å²) in [4.78, 5) is 36.6. The Hall–Kier alpha value is -3.58. The smallest absolute Gasteiger partial charge is 0.388 e. The summed E-state index contributed by atoms with van der Waals surface area (Å²) in [5.41, 5.74) is -0.297. The number of aliphatic hydroxyl groups is 1. The van der Waals surface area contributed by atoms with Crippen molar-refractivity contribution in [1.82, 2.24) is 20.3 Å². The molecule has 1 aromatic carbocycles. The van der Waals surface area contributed by atoms with Crippen molar-refractivity contribution in [3.63, 3.8) is 0 Å². The van der Waals surface area contributed by atoms with Crippen molar-refractivity contribution >= 4 is 29.3 Å². The molecule has 0 aliphatic carbocycles. The molecule has 0 unspecified atom stereocenters. The number of aromatic amines is 1. The quantitative estimate of drug-likeness (QED) is 0.246. The number of amides is 3. The number of fused-ring (bicyclic) bond motifs is 1. The Labute approximate surface area is 228 Å². The SMILES string of the molecule is Cc1[nH]c(/C=C2\C(=O)Nc3ccc(F)cc32)c(C(F)(F)F)c1ONC(=O)N1CCC(O)(CN2CCCCC2)CC1. The van der Waals surface area contributed by atoms with Crippen molar-refractivity contribution in [2.24, 2.45) is 0 Å². The van der Waals surface area contributed by atoms with Crippen molar-refractivity contribution in [3.8, 4) is 5.75 Å². The third-order valence-corrected chi connectivity index (χ3v) is 7.68. The normalized spacial score (nSPS) is 20.4. The van der Waals surface area contributed by atoms with Gasteiger partial charge in [-0.1, -0.05) is 6.42 Å². The summed E-state index contributed by atoms with van der Waals surface area (Å²) in [6.07, 6.45) is 0.135. The minimum absolute atomic E-state index is 0.0353. The molecule has 0 saturated carbocycles. The summed E-state index contributed by atoms with van der Waals surface area (Å²) in [6, 6.07) is 2.79. The van der Waals surface area contributed by atoms with Gasteiger partial charge in [-0.2, -0.15) is 18.7 Å². The van der Waals surface area contributed by atoms with Gasteiger partial charge in [0.25, 0.3) is 5.91 Å². The number of carbonyl (C=O) groups excluding carboxylic acids is 2. The van der Waals surface area contributed by atoms with Gasteiger partial charge in [-0.3, -0.25) is 4.79 Å². The van der Waals surface area contributed by atoms with Gasteiger partial charge in [0.2, 0.25) is 0 Å². The van der Waals surface area contributed by atoms with Crippen LogP contribution in [0.3, 0.4) is 0 Å². The van der Waals surface area contributed by atoms with Crippen LogP contribution in [0.4, 0.5) is 28.0 Å². The van der Waals surface area contributed by atoms with Crippen LogP contribution in [-0.2, 0) is 11.0 Å². The Kier molecular flexibility index (Phi) is 7.53. The first-order valence-corrected chi connectivity index (χ1v) is 13.2. The summed E-state index contributed by atoms with van der Waals surface area (Å²) >= 11 is 0. The Bertz CT molecular complexity index is 1320. The highest BCUT2D eigenvalue weighted by molar-refractivity contribution is 6.34. The Balaban J connectivity index is 1.29. The number of benzene rings is 1. The third kappa shape index (κ3) is 5.80. The van der Waals surface area contributed by atoms with Crippen molar-refractivity contribution in [2.45, 2.75) is 50.8 Å². The average Bonchev–Trinajstić information content (AvgIpc) is 3.38. The molecule has 0 spiro atoms.